The number of hydrogen-bond donors (Lipinski definition) is 1. The van der Waals surface area contributed by atoms with Crippen LogP contribution < -0.4 is 10.1 Å². The summed E-state index contributed by atoms with van der Waals surface area (Å²) in [7, 11) is 0. The first kappa shape index (κ1) is 14.9. The number of hydrogen-bond acceptors (Lipinski definition) is 5. The number of nitrogens with one attached hydrogen (secondary N) is 1. The molecule has 0 aliphatic carbocycles. The maximum atomic E-state index is 6.22. The summed E-state index contributed by atoms with van der Waals surface area (Å²) in [5.41, 5.74) is 1.16. The van der Waals surface area contributed by atoms with Gasteiger partial charge in [0.1, 0.15) is 11.9 Å². The summed E-state index contributed by atoms with van der Waals surface area (Å²) < 4.78 is 6.22. The van der Waals surface area contributed by atoms with E-state index in [2.05, 4.69) is 47.7 Å². The lowest BCUT2D eigenvalue weighted by Gasteiger charge is -2.32. The minimum absolute atomic E-state index is 0.187. The van der Waals surface area contributed by atoms with Crippen LogP contribution in [0.3, 0.4) is 0 Å². The number of aryl methyl sites for hydroxylation is 1. The van der Waals surface area contributed by atoms with Gasteiger partial charge in [-0.05, 0) is 25.6 Å². The number of para-hydroxylation sites is 1. The quantitative estimate of drug-likeness (QED) is 0.914. The van der Waals surface area contributed by atoms with Gasteiger partial charge in [-0.15, -0.1) is 23.1 Å². The highest BCUT2D eigenvalue weighted by Gasteiger charge is 2.28. The highest BCUT2D eigenvalue weighted by atomic mass is 32.2. The van der Waals surface area contributed by atoms with Crippen molar-refractivity contribution in [3.63, 3.8) is 0 Å². The number of ether oxygens (including phenoxy) is 1. The van der Waals surface area contributed by atoms with Gasteiger partial charge in [-0.1, -0.05) is 19.1 Å². The molecule has 2 aromatic rings. The van der Waals surface area contributed by atoms with E-state index >= 15 is 0 Å². The zero-order valence-electron chi connectivity index (χ0n) is 12.3. The third-order valence-electron chi connectivity index (χ3n) is 3.54. The second-order valence-electron chi connectivity index (χ2n) is 5.14. The second-order valence-corrected chi connectivity index (χ2v) is 7.26. The van der Waals surface area contributed by atoms with Gasteiger partial charge < -0.3 is 10.1 Å². The minimum Gasteiger partial charge on any atom is -0.487 e. The smallest absolute Gasteiger partial charge is 0.133 e. The molecule has 1 aliphatic rings. The lowest BCUT2D eigenvalue weighted by molar-refractivity contribution is 0.166. The van der Waals surface area contributed by atoms with Crippen molar-refractivity contribution in [3.8, 4) is 5.75 Å². The Hall–Kier alpha value is -1.04. The summed E-state index contributed by atoms with van der Waals surface area (Å²) in [6.45, 7) is 5.14. The number of nitrogens with zero attached hydrogens (tertiary/aromatic N) is 1. The van der Waals surface area contributed by atoms with Crippen LogP contribution in [0.25, 0.3) is 0 Å². The van der Waals surface area contributed by atoms with E-state index in [1.54, 1.807) is 11.3 Å². The number of thioether (sulfide) groups is 1. The molecule has 2 heterocycles. The molecule has 0 amide bonds. The first-order chi connectivity index (χ1) is 10.3. The van der Waals surface area contributed by atoms with Crippen molar-refractivity contribution in [2.45, 2.75) is 37.3 Å². The maximum absolute atomic E-state index is 6.22. The Balaban J connectivity index is 1.72. The Kier molecular flexibility index (Phi) is 4.83. The van der Waals surface area contributed by atoms with Crippen molar-refractivity contribution in [2.75, 3.05) is 12.3 Å². The summed E-state index contributed by atoms with van der Waals surface area (Å²) >= 11 is 3.60. The molecule has 21 heavy (non-hydrogen) atoms. The van der Waals surface area contributed by atoms with Crippen LogP contribution in [0.5, 0.6) is 5.75 Å². The lowest BCUT2D eigenvalue weighted by atomic mass is 10.1. The van der Waals surface area contributed by atoms with E-state index in [9.17, 15) is 0 Å². The van der Waals surface area contributed by atoms with Crippen LogP contribution in [0.2, 0.25) is 0 Å². The van der Waals surface area contributed by atoms with E-state index in [4.69, 9.17) is 4.74 Å². The van der Waals surface area contributed by atoms with Gasteiger partial charge in [-0.25, -0.2) is 4.98 Å². The Morgan fingerprint density at radius 3 is 3.05 bits per heavy atom. The molecule has 0 spiro atoms. The molecular formula is C16H20N2OS2. The Labute approximate surface area is 134 Å². The largest absolute Gasteiger partial charge is 0.487 e. The topological polar surface area (TPSA) is 34.2 Å². The molecule has 1 aromatic heterocycles. The highest BCUT2D eigenvalue weighted by molar-refractivity contribution is 7.99. The van der Waals surface area contributed by atoms with E-state index < -0.39 is 0 Å². The SMILES string of the molecule is CCNC(Cc1csc(C)n1)C1CSc2ccccc2O1. The summed E-state index contributed by atoms with van der Waals surface area (Å²) in [4.78, 5) is 5.83. The van der Waals surface area contributed by atoms with E-state index in [0.29, 0.717) is 6.04 Å². The number of benzene rings is 1. The average molecular weight is 320 g/mol. The zero-order valence-corrected chi connectivity index (χ0v) is 14.0. The summed E-state index contributed by atoms with van der Waals surface area (Å²) in [6, 6.07) is 8.59. The minimum atomic E-state index is 0.187. The molecule has 0 fully saturated rings. The zero-order chi connectivity index (χ0) is 14.7. The van der Waals surface area contributed by atoms with E-state index in [-0.39, 0.29) is 6.10 Å². The molecule has 2 unspecified atom stereocenters. The molecule has 0 bridgehead atoms. The molecule has 0 saturated carbocycles. The molecule has 3 rings (SSSR count). The van der Waals surface area contributed by atoms with Gasteiger partial charge in [0.15, 0.2) is 0 Å². The van der Waals surface area contributed by atoms with Crippen molar-refractivity contribution in [3.05, 3.63) is 40.3 Å². The molecule has 112 valence electrons. The third kappa shape index (κ3) is 3.59. The Bertz CT molecular complexity index is 599. The van der Waals surface area contributed by atoms with Crippen molar-refractivity contribution in [1.29, 1.82) is 0 Å². The van der Waals surface area contributed by atoms with Gasteiger partial charge in [0, 0.05) is 22.4 Å². The number of fused-ring (bicyclic) bond motifs is 1. The van der Waals surface area contributed by atoms with Gasteiger partial charge in [0.2, 0.25) is 0 Å². The Morgan fingerprint density at radius 1 is 1.43 bits per heavy atom. The summed E-state index contributed by atoms with van der Waals surface area (Å²) in [5, 5.41) is 6.85. The van der Waals surface area contributed by atoms with E-state index in [0.717, 1.165) is 35.2 Å². The Morgan fingerprint density at radius 2 is 2.29 bits per heavy atom. The molecule has 5 heteroatoms. The first-order valence-corrected chi connectivity index (χ1v) is 9.15. The van der Waals surface area contributed by atoms with Crippen molar-refractivity contribution < 1.29 is 4.74 Å². The maximum Gasteiger partial charge on any atom is 0.133 e. The fourth-order valence-electron chi connectivity index (χ4n) is 2.56. The molecular weight excluding hydrogens is 300 g/mol. The van der Waals surface area contributed by atoms with Crippen LogP contribution in [0.1, 0.15) is 17.6 Å². The highest BCUT2D eigenvalue weighted by Crippen LogP contribution is 2.36. The molecule has 1 N–H and O–H groups in total. The fraction of sp³-hybridized carbons (Fsp3) is 0.438. The monoisotopic (exact) mass is 320 g/mol. The van der Waals surface area contributed by atoms with E-state index in [1.807, 2.05) is 17.8 Å². The van der Waals surface area contributed by atoms with E-state index in [1.165, 1.54) is 4.90 Å². The summed E-state index contributed by atoms with van der Waals surface area (Å²) in [5.74, 6) is 1.99. The molecule has 1 aliphatic heterocycles. The normalized spacial score (nSPS) is 18.9. The lowest BCUT2D eigenvalue weighted by Crippen LogP contribution is -2.47. The van der Waals surface area contributed by atoms with Gasteiger partial charge >= 0.3 is 0 Å². The summed E-state index contributed by atoms with van der Waals surface area (Å²) in [6.07, 6.45) is 1.11. The average Bonchev–Trinajstić information content (AvgIpc) is 2.91. The molecule has 1 aromatic carbocycles. The standard InChI is InChI=1S/C16H20N2OS2/c1-3-17-13(8-12-9-20-11(2)18-12)15-10-21-16-7-5-4-6-14(16)19-15/h4-7,9,13,15,17H,3,8,10H2,1-2H3. The van der Waals surface area contributed by atoms with Gasteiger partial charge in [-0.2, -0.15) is 0 Å². The molecule has 3 nitrogen and oxygen atoms in total. The number of rotatable bonds is 5. The number of likely N-dealkylation sites (N-methyl/N-ethyl adjacent to an activating group) is 1. The van der Waals surface area contributed by atoms with Gasteiger partial charge in [-0.3, -0.25) is 0 Å². The molecule has 0 saturated heterocycles. The van der Waals surface area contributed by atoms with Crippen LogP contribution in [-0.2, 0) is 6.42 Å². The van der Waals surface area contributed by atoms with Crippen molar-refractivity contribution in [1.82, 2.24) is 10.3 Å². The van der Waals surface area contributed by atoms with Crippen LogP contribution in [0.15, 0.2) is 34.5 Å². The van der Waals surface area contributed by atoms with Crippen LogP contribution in [0.4, 0.5) is 0 Å². The third-order valence-corrected chi connectivity index (χ3v) is 5.51. The fourth-order valence-corrected chi connectivity index (χ4v) is 4.26. The molecule has 0 radical (unpaired) electrons. The first-order valence-electron chi connectivity index (χ1n) is 7.29. The van der Waals surface area contributed by atoms with Crippen molar-refractivity contribution >= 4 is 23.1 Å². The predicted molar refractivity (Wildman–Crippen MR) is 89.6 cm³/mol. The molecule has 2 atom stereocenters. The van der Waals surface area contributed by atoms with Crippen molar-refractivity contribution in [2.24, 2.45) is 0 Å². The second kappa shape index (κ2) is 6.81. The number of thiazole rings is 1. The van der Waals surface area contributed by atoms with Crippen LogP contribution in [-0.4, -0.2) is 29.4 Å². The van der Waals surface area contributed by atoms with Crippen LogP contribution >= 0.6 is 23.1 Å². The van der Waals surface area contributed by atoms with Crippen LogP contribution in [0, 0.1) is 6.92 Å². The van der Waals surface area contributed by atoms with Gasteiger partial charge in [0.25, 0.3) is 0 Å². The number of aromatic nitrogens is 1. The predicted octanol–water partition coefficient (Wildman–Crippen LogP) is 3.53. The van der Waals surface area contributed by atoms with Gasteiger partial charge in [0.05, 0.1) is 16.7 Å².